The summed E-state index contributed by atoms with van der Waals surface area (Å²) in [5, 5.41) is 13.9. The predicted octanol–water partition coefficient (Wildman–Crippen LogP) is 7.18. The van der Waals surface area contributed by atoms with Gasteiger partial charge in [-0.15, -0.1) is 11.3 Å². The highest BCUT2D eigenvalue weighted by atomic mass is 32.2. The Labute approximate surface area is 230 Å². The van der Waals surface area contributed by atoms with E-state index in [1.165, 1.54) is 23.1 Å². The molecule has 0 bridgehead atoms. The Morgan fingerprint density at radius 2 is 1.76 bits per heavy atom. The number of benzene rings is 2. The smallest absolute Gasteiger partial charge is 0.341 e. The van der Waals surface area contributed by atoms with Gasteiger partial charge >= 0.3 is 5.97 Å². The lowest BCUT2D eigenvalue weighted by atomic mass is 9.98. The average Bonchev–Trinajstić information content (AvgIpc) is 3.20. The fourth-order valence-electron chi connectivity index (χ4n) is 3.91. The van der Waals surface area contributed by atoms with E-state index in [4.69, 9.17) is 9.72 Å². The number of aromatic nitrogens is 1. The third kappa shape index (κ3) is 5.96. The third-order valence-electron chi connectivity index (χ3n) is 5.99. The van der Waals surface area contributed by atoms with Gasteiger partial charge in [0, 0.05) is 16.0 Å². The summed E-state index contributed by atoms with van der Waals surface area (Å²) in [6, 6.07) is 22.0. The van der Waals surface area contributed by atoms with E-state index >= 15 is 0 Å². The van der Waals surface area contributed by atoms with Crippen LogP contribution in [0.3, 0.4) is 0 Å². The number of thioether (sulfide) groups is 1. The number of aryl methyl sites for hydroxylation is 2. The molecule has 0 aliphatic rings. The molecule has 1 N–H and O–H groups in total. The Bertz CT molecular complexity index is 1520. The van der Waals surface area contributed by atoms with Gasteiger partial charge in [0.05, 0.1) is 29.2 Å². The first kappa shape index (κ1) is 27.1. The minimum absolute atomic E-state index is 0.0194. The fourth-order valence-corrected chi connectivity index (χ4v) is 5.78. The SMILES string of the molecule is CCOC(=O)c1c(NC(=O)CSc2nc(-c3ccccc3)cc(-c3ccc(C)cc3)c2C#N)sc(C)c1C. The van der Waals surface area contributed by atoms with Crippen molar-refractivity contribution < 1.29 is 14.3 Å². The number of carbonyl (C=O) groups excluding carboxylic acids is 2. The number of amides is 1. The van der Waals surface area contributed by atoms with Crippen molar-refractivity contribution in [3.8, 4) is 28.5 Å². The van der Waals surface area contributed by atoms with Crippen LogP contribution in [0.15, 0.2) is 65.7 Å². The molecule has 2 aromatic carbocycles. The Morgan fingerprint density at radius 3 is 2.42 bits per heavy atom. The highest BCUT2D eigenvalue weighted by Crippen LogP contribution is 2.36. The molecule has 38 heavy (non-hydrogen) atoms. The monoisotopic (exact) mass is 541 g/mol. The second kappa shape index (κ2) is 12.1. The van der Waals surface area contributed by atoms with Gasteiger partial charge in [-0.1, -0.05) is 71.9 Å². The van der Waals surface area contributed by atoms with E-state index in [1.54, 1.807) is 6.92 Å². The molecular weight excluding hydrogens is 514 g/mol. The summed E-state index contributed by atoms with van der Waals surface area (Å²) in [5.74, 6) is -0.732. The van der Waals surface area contributed by atoms with E-state index in [1.807, 2.05) is 81.4 Å². The van der Waals surface area contributed by atoms with Crippen LogP contribution < -0.4 is 5.32 Å². The minimum Gasteiger partial charge on any atom is -0.462 e. The lowest BCUT2D eigenvalue weighted by Crippen LogP contribution is -2.16. The van der Waals surface area contributed by atoms with Crippen molar-refractivity contribution in [3.05, 3.63) is 87.8 Å². The Kier molecular flexibility index (Phi) is 8.62. The van der Waals surface area contributed by atoms with E-state index in [-0.39, 0.29) is 18.3 Å². The van der Waals surface area contributed by atoms with Crippen LogP contribution in [0.4, 0.5) is 5.00 Å². The molecule has 0 saturated carbocycles. The van der Waals surface area contributed by atoms with Gasteiger partial charge in [-0.05, 0) is 44.9 Å². The molecule has 1 amide bonds. The highest BCUT2D eigenvalue weighted by molar-refractivity contribution is 8.00. The van der Waals surface area contributed by atoms with Crippen molar-refractivity contribution in [2.24, 2.45) is 0 Å². The first-order valence-electron chi connectivity index (χ1n) is 12.1. The van der Waals surface area contributed by atoms with Crippen molar-refractivity contribution in [3.63, 3.8) is 0 Å². The van der Waals surface area contributed by atoms with Gasteiger partial charge in [0.1, 0.15) is 16.1 Å². The van der Waals surface area contributed by atoms with Crippen LogP contribution in [-0.4, -0.2) is 29.2 Å². The molecule has 4 aromatic rings. The largest absolute Gasteiger partial charge is 0.462 e. The molecule has 0 radical (unpaired) electrons. The number of nitrogens with one attached hydrogen (secondary N) is 1. The molecule has 0 unspecified atom stereocenters. The van der Waals surface area contributed by atoms with E-state index in [9.17, 15) is 14.9 Å². The number of esters is 1. The molecule has 8 heteroatoms. The number of nitriles is 1. The quantitative estimate of drug-likeness (QED) is 0.188. The Morgan fingerprint density at radius 1 is 1.05 bits per heavy atom. The second-order valence-electron chi connectivity index (χ2n) is 8.62. The molecule has 2 heterocycles. The molecule has 0 fully saturated rings. The number of anilines is 1. The van der Waals surface area contributed by atoms with Crippen LogP contribution in [0.2, 0.25) is 0 Å². The van der Waals surface area contributed by atoms with Crippen LogP contribution >= 0.6 is 23.1 Å². The number of thiophene rings is 1. The zero-order valence-corrected chi connectivity index (χ0v) is 23.3. The normalized spacial score (nSPS) is 10.6. The van der Waals surface area contributed by atoms with Gasteiger partial charge in [0.15, 0.2) is 0 Å². The molecule has 192 valence electrons. The zero-order valence-electron chi connectivity index (χ0n) is 21.6. The summed E-state index contributed by atoms with van der Waals surface area (Å²) in [4.78, 5) is 31.2. The molecule has 0 saturated heterocycles. The first-order valence-corrected chi connectivity index (χ1v) is 13.9. The number of hydrogen-bond acceptors (Lipinski definition) is 7. The molecule has 2 aromatic heterocycles. The van der Waals surface area contributed by atoms with Gasteiger partial charge in [-0.2, -0.15) is 5.26 Å². The van der Waals surface area contributed by atoms with E-state index in [0.717, 1.165) is 38.4 Å². The predicted molar refractivity (Wildman–Crippen MR) is 154 cm³/mol. The summed E-state index contributed by atoms with van der Waals surface area (Å²) < 4.78 is 5.19. The summed E-state index contributed by atoms with van der Waals surface area (Å²) in [7, 11) is 0. The van der Waals surface area contributed by atoms with Crippen LogP contribution in [0.1, 0.15) is 38.8 Å². The molecule has 0 aliphatic carbocycles. The fraction of sp³-hybridized carbons (Fsp3) is 0.200. The van der Waals surface area contributed by atoms with Crippen molar-refractivity contribution in [2.45, 2.75) is 32.7 Å². The minimum atomic E-state index is -0.455. The highest BCUT2D eigenvalue weighted by Gasteiger charge is 2.23. The standard InChI is InChI=1S/C30H27N3O3S2/c1-5-36-30(35)27-19(3)20(4)38-29(27)33-26(34)17-37-28-24(16-31)23(21-13-11-18(2)12-14-21)15-25(32-28)22-9-7-6-8-10-22/h6-15H,5,17H2,1-4H3,(H,33,34). The number of ether oxygens (including phenoxy) is 1. The van der Waals surface area contributed by atoms with Crippen LogP contribution in [0.25, 0.3) is 22.4 Å². The summed E-state index contributed by atoms with van der Waals surface area (Å²) in [5.41, 5.74) is 6.02. The number of nitrogens with zero attached hydrogens (tertiary/aromatic N) is 2. The van der Waals surface area contributed by atoms with E-state index in [2.05, 4.69) is 11.4 Å². The van der Waals surface area contributed by atoms with E-state index in [0.29, 0.717) is 21.2 Å². The lowest BCUT2D eigenvalue weighted by molar-refractivity contribution is -0.113. The van der Waals surface area contributed by atoms with Crippen LogP contribution in [0.5, 0.6) is 0 Å². The molecule has 0 spiro atoms. The number of carbonyl (C=O) groups is 2. The van der Waals surface area contributed by atoms with Crippen LogP contribution in [0, 0.1) is 32.1 Å². The second-order valence-corrected chi connectivity index (χ2v) is 10.8. The average molecular weight is 542 g/mol. The molecule has 0 aliphatic heterocycles. The Balaban J connectivity index is 1.65. The van der Waals surface area contributed by atoms with E-state index < -0.39 is 5.97 Å². The van der Waals surface area contributed by atoms with Crippen molar-refractivity contribution in [2.75, 3.05) is 17.7 Å². The number of rotatable bonds is 8. The summed E-state index contributed by atoms with van der Waals surface area (Å²) in [6.07, 6.45) is 0. The number of pyridine rings is 1. The molecule has 4 rings (SSSR count). The zero-order chi connectivity index (χ0) is 27.2. The lowest BCUT2D eigenvalue weighted by Gasteiger charge is -2.13. The van der Waals surface area contributed by atoms with Gasteiger partial charge in [-0.3, -0.25) is 4.79 Å². The maximum atomic E-state index is 13.0. The van der Waals surface area contributed by atoms with Crippen molar-refractivity contribution in [1.29, 1.82) is 5.26 Å². The molecule has 0 atom stereocenters. The summed E-state index contributed by atoms with van der Waals surface area (Å²) in [6.45, 7) is 7.75. The molecular formula is C30H27N3O3S2. The maximum absolute atomic E-state index is 13.0. The van der Waals surface area contributed by atoms with Gasteiger partial charge in [0.2, 0.25) is 5.91 Å². The maximum Gasteiger partial charge on any atom is 0.341 e. The van der Waals surface area contributed by atoms with Gasteiger partial charge < -0.3 is 10.1 Å². The summed E-state index contributed by atoms with van der Waals surface area (Å²) >= 11 is 2.54. The number of hydrogen-bond donors (Lipinski definition) is 1. The van der Waals surface area contributed by atoms with Crippen molar-refractivity contribution in [1.82, 2.24) is 4.98 Å². The third-order valence-corrected chi connectivity index (χ3v) is 8.09. The van der Waals surface area contributed by atoms with Crippen LogP contribution in [-0.2, 0) is 9.53 Å². The van der Waals surface area contributed by atoms with Crippen molar-refractivity contribution >= 4 is 40.0 Å². The topological polar surface area (TPSA) is 92.1 Å². The molecule has 6 nitrogen and oxygen atoms in total. The Hall–Kier alpha value is -3.93. The van der Waals surface area contributed by atoms with Gasteiger partial charge in [-0.25, -0.2) is 9.78 Å². The first-order chi connectivity index (χ1) is 18.3. The van der Waals surface area contributed by atoms with Gasteiger partial charge in [0.25, 0.3) is 0 Å².